The van der Waals surface area contributed by atoms with E-state index in [1.807, 2.05) is 12.1 Å². The molecule has 6 heteroatoms. The molecule has 0 atom stereocenters. The molecule has 0 unspecified atom stereocenters. The third-order valence-corrected chi connectivity index (χ3v) is 2.80. The summed E-state index contributed by atoms with van der Waals surface area (Å²) in [4.78, 5) is 23.0. The fraction of sp³-hybridized carbons (Fsp3) is 0.111. The van der Waals surface area contributed by atoms with Gasteiger partial charge >= 0.3 is 12.2 Å². The van der Waals surface area contributed by atoms with Crippen molar-refractivity contribution in [3.63, 3.8) is 0 Å². The van der Waals surface area contributed by atoms with Crippen molar-refractivity contribution in [2.45, 2.75) is 0 Å². The summed E-state index contributed by atoms with van der Waals surface area (Å²) in [6, 6.07) is 17.6. The highest BCUT2D eigenvalue weighted by Gasteiger charge is 2.02. The Balaban J connectivity index is 1.57. The summed E-state index contributed by atoms with van der Waals surface area (Å²) in [5.41, 5.74) is 0. The molecule has 0 spiro atoms. The van der Waals surface area contributed by atoms with Gasteiger partial charge in [-0.2, -0.15) is 0 Å². The van der Waals surface area contributed by atoms with Crippen LogP contribution >= 0.6 is 0 Å². The van der Waals surface area contributed by atoms with E-state index in [4.69, 9.17) is 9.47 Å². The minimum atomic E-state index is -0.540. The minimum absolute atomic E-state index is 0.293. The zero-order valence-corrected chi connectivity index (χ0v) is 13.0. The summed E-state index contributed by atoms with van der Waals surface area (Å²) in [7, 11) is 0. The van der Waals surface area contributed by atoms with E-state index in [-0.39, 0.29) is 0 Å². The molecule has 0 saturated heterocycles. The standard InChI is InChI=1S/C18H18N2O4/c21-17(23-15-9-3-1-4-10-15)19-13-7-8-14-20-18(22)24-16-11-5-2-6-12-16/h1-12H,13-14H2,(H,19,21)(H,20,22)/b8-7-. The zero-order chi connectivity index (χ0) is 17.0. The number of nitrogens with one attached hydrogen (secondary N) is 2. The molecule has 0 radical (unpaired) electrons. The van der Waals surface area contributed by atoms with Gasteiger partial charge in [-0.1, -0.05) is 48.6 Å². The van der Waals surface area contributed by atoms with Crippen LogP contribution in [0.1, 0.15) is 0 Å². The predicted molar refractivity (Wildman–Crippen MR) is 90.1 cm³/mol. The van der Waals surface area contributed by atoms with Gasteiger partial charge in [0.1, 0.15) is 11.5 Å². The molecule has 0 aromatic heterocycles. The Morgan fingerprint density at radius 2 is 1.08 bits per heavy atom. The van der Waals surface area contributed by atoms with Crippen LogP contribution in [0.25, 0.3) is 0 Å². The van der Waals surface area contributed by atoms with Crippen molar-refractivity contribution < 1.29 is 19.1 Å². The zero-order valence-electron chi connectivity index (χ0n) is 13.0. The van der Waals surface area contributed by atoms with Crippen LogP contribution in [-0.4, -0.2) is 25.3 Å². The number of benzene rings is 2. The second-order valence-corrected chi connectivity index (χ2v) is 4.64. The van der Waals surface area contributed by atoms with Crippen molar-refractivity contribution in [3.8, 4) is 11.5 Å². The number of carbonyl (C=O) groups is 2. The van der Waals surface area contributed by atoms with E-state index in [0.29, 0.717) is 24.6 Å². The number of carbonyl (C=O) groups excluding carboxylic acids is 2. The monoisotopic (exact) mass is 326 g/mol. The van der Waals surface area contributed by atoms with E-state index in [1.165, 1.54) is 0 Å². The first-order valence-electron chi connectivity index (χ1n) is 7.40. The highest BCUT2D eigenvalue weighted by molar-refractivity contribution is 5.71. The summed E-state index contributed by atoms with van der Waals surface area (Å²) in [6.45, 7) is 0.585. The van der Waals surface area contributed by atoms with Crippen LogP contribution in [0, 0.1) is 0 Å². The van der Waals surface area contributed by atoms with Crippen molar-refractivity contribution >= 4 is 12.2 Å². The topological polar surface area (TPSA) is 76.7 Å². The lowest BCUT2D eigenvalue weighted by atomic mass is 10.3. The van der Waals surface area contributed by atoms with Gasteiger partial charge in [0, 0.05) is 13.1 Å². The number of rotatable bonds is 6. The molecule has 2 rings (SSSR count). The minimum Gasteiger partial charge on any atom is -0.410 e. The van der Waals surface area contributed by atoms with E-state index in [0.717, 1.165) is 0 Å². The van der Waals surface area contributed by atoms with Gasteiger partial charge in [0.15, 0.2) is 0 Å². The van der Waals surface area contributed by atoms with Crippen LogP contribution < -0.4 is 20.1 Å². The highest BCUT2D eigenvalue weighted by Crippen LogP contribution is 2.08. The molecule has 2 amide bonds. The molecule has 124 valence electrons. The van der Waals surface area contributed by atoms with Crippen molar-refractivity contribution in [2.75, 3.05) is 13.1 Å². The number of amides is 2. The molecule has 0 fully saturated rings. The molecule has 6 nitrogen and oxygen atoms in total. The molecule has 2 aromatic rings. The van der Waals surface area contributed by atoms with Crippen LogP contribution in [0.15, 0.2) is 72.8 Å². The molecule has 2 aromatic carbocycles. The second kappa shape index (κ2) is 9.68. The van der Waals surface area contributed by atoms with Gasteiger partial charge in [-0.05, 0) is 24.3 Å². The van der Waals surface area contributed by atoms with E-state index < -0.39 is 12.2 Å². The van der Waals surface area contributed by atoms with Gasteiger partial charge < -0.3 is 20.1 Å². The van der Waals surface area contributed by atoms with E-state index in [1.54, 1.807) is 60.7 Å². The lowest BCUT2D eigenvalue weighted by molar-refractivity contribution is 0.200. The maximum atomic E-state index is 11.5. The van der Waals surface area contributed by atoms with Crippen LogP contribution in [0.3, 0.4) is 0 Å². The summed E-state index contributed by atoms with van der Waals surface area (Å²) in [5.74, 6) is 0.952. The Morgan fingerprint density at radius 1 is 0.708 bits per heavy atom. The number of ether oxygens (including phenoxy) is 2. The molecule has 0 aliphatic rings. The largest absolute Gasteiger partial charge is 0.412 e. The number of hydrogen-bond acceptors (Lipinski definition) is 4. The van der Waals surface area contributed by atoms with Gasteiger partial charge in [-0.15, -0.1) is 0 Å². The van der Waals surface area contributed by atoms with E-state index in [9.17, 15) is 9.59 Å². The maximum absolute atomic E-state index is 11.5. The van der Waals surface area contributed by atoms with E-state index in [2.05, 4.69) is 10.6 Å². The van der Waals surface area contributed by atoms with Gasteiger partial charge in [0.25, 0.3) is 0 Å². The van der Waals surface area contributed by atoms with Gasteiger partial charge in [0.05, 0.1) is 0 Å². The second-order valence-electron chi connectivity index (χ2n) is 4.64. The maximum Gasteiger partial charge on any atom is 0.412 e. The summed E-state index contributed by atoms with van der Waals surface area (Å²) in [5, 5.41) is 5.13. The Morgan fingerprint density at radius 3 is 1.46 bits per heavy atom. The summed E-state index contributed by atoms with van der Waals surface area (Å²) in [6.07, 6.45) is 2.33. The molecular formula is C18H18N2O4. The Labute approximate surface area is 140 Å². The van der Waals surface area contributed by atoms with Gasteiger partial charge in [0.2, 0.25) is 0 Å². The Kier molecular flexibility index (Phi) is 6.89. The first-order valence-corrected chi connectivity index (χ1v) is 7.40. The first kappa shape index (κ1) is 17.1. The van der Waals surface area contributed by atoms with E-state index >= 15 is 0 Å². The normalized spacial score (nSPS) is 10.2. The molecule has 0 heterocycles. The molecular weight excluding hydrogens is 308 g/mol. The molecule has 2 N–H and O–H groups in total. The van der Waals surface area contributed by atoms with Crippen molar-refractivity contribution in [2.24, 2.45) is 0 Å². The molecule has 24 heavy (non-hydrogen) atoms. The van der Waals surface area contributed by atoms with Crippen LogP contribution in [-0.2, 0) is 0 Å². The van der Waals surface area contributed by atoms with Crippen molar-refractivity contribution in [1.82, 2.24) is 10.6 Å². The summed E-state index contributed by atoms with van der Waals surface area (Å²) < 4.78 is 10.1. The molecule has 0 aliphatic carbocycles. The number of hydrogen-bond donors (Lipinski definition) is 2. The predicted octanol–water partition coefficient (Wildman–Crippen LogP) is 3.12. The average molecular weight is 326 g/mol. The third kappa shape index (κ3) is 6.65. The smallest absolute Gasteiger partial charge is 0.410 e. The highest BCUT2D eigenvalue weighted by atomic mass is 16.6. The Bertz CT molecular complexity index is 612. The SMILES string of the molecule is O=C(NC/C=C\CNC(=O)Oc1ccccc1)Oc1ccccc1. The summed E-state index contributed by atoms with van der Waals surface area (Å²) >= 11 is 0. The Hall–Kier alpha value is -3.28. The van der Waals surface area contributed by atoms with Crippen LogP contribution in [0.5, 0.6) is 11.5 Å². The molecule has 0 aliphatic heterocycles. The van der Waals surface area contributed by atoms with Crippen LogP contribution in [0.4, 0.5) is 9.59 Å². The lowest BCUT2D eigenvalue weighted by Gasteiger charge is -2.05. The molecule has 0 saturated carbocycles. The molecule has 0 bridgehead atoms. The van der Waals surface area contributed by atoms with Crippen molar-refractivity contribution in [1.29, 1.82) is 0 Å². The quantitative estimate of drug-likeness (QED) is 0.800. The average Bonchev–Trinajstić information content (AvgIpc) is 2.60. The van der Waals surface area contributed by atoms with Crippen LogP contribution in [0.2, 0.25) is 0 Å². The fourth-order valence-electron chi connectivity index (χ4n) is 1.71. The number of para-hydroxylation sites is 2. The van der Waals surface area contributed by atoms with Gasteiger partial charge in [-0.25, -0.2) is 9.59 Å². The lowest BCUT2D eigenvalue weighted by Crippen LogP contribution is -2.28. The third-order valence-electron chi connectivity index (χ3n) is 2.80. The first-order chi connectivity index (χ1) is 11.7. The van der Waals surface area contributed by atoms with Crippen molar-refractivity contribution in [3.05, 3.63) is 72.8 Å². The fourth-order valence-corrected chi connectivity index (χ4v) is 1.71. The van der Waals surface area contributed by atoms with Gasteiger partial charge in [-0.3, -0.25) is 0 Å².